The Morgan fingerprint density at radius 1 is 1.23 bits per heavy atom. The van der Waals surface area contributed by atoms with Gasteiger partial charge in [0.1, 0.15) is 12.8 Å². The quantitative estimate of drug-likeness (QED) is 0.508. The maximum atomic E-state index is 13.7. The van der Waals surface area contributed by atoms with E-state index in [0.29, 0.717) is 30.2 Å². The van der Waals surface area contributed by atoms with Gasteiger partial charge in [-0.1, -0.05) is 0 Å². The van der Waals surface area contributed by atoms with Crippen LogP contribution in [-0.4, -0.2) is 75.9 Å². The number of nitrogens with zero attached hydrogens (tertiary/aromatic N) is 1. The monoisotopic (exact) mass is 474 g/mol. The number of hydrazine groups is 1. The predicted octanol–water partition coefficient (Wildman–Crippen LogP) is 1.69. The van der Waals surface area contributed by atoms with Crippen molar-refractivity contribution >= 4 is 35.2 Å². The van der Waals surface area contributed by atoms with Crippen LogP contribution in [0.25, 0.3) is 0 Å². The molecular formula is C21H32ClFN4O3S. The molecule has 2 saturated heterocycles. The van der Waals surface area contributed by atoms with Crippen molar-refractivity contribution in [2.45, 2.75) is 97.3 Å². The highest BCUT2D eigenvalue weighted by Gasteiger charge is 2.69. The maximum Gasteiger partial charge on any atom is 0.246 e. The Morgan fingerprint density at radius 3 is 2.61 bits per heavy atom. The van der Waals surface area contributed by atoms with E-state index in [2.05, 4.69) is 28.0 Å². The van der Waals surface area contributed by atoms with Crippen LogP contribution in [0.2, 0.25) is 0 Å². The molecule has 7 unspecified atom stereocenters. The van der Waals surface area contributed by atoms with Crippen LogP contribution in [0.1, 0.15) is 51.9 Å². The number of carbonyl (C=O) groups is 2. The summed E-state index contributed by atoms with van der Waals surface area (Å²) >= 11 is 7.65. The molecule has 174 valence electrons. The molecular weight excluding hydrogens is 443 g/mol. The SMILES string of the molecule is CC1NN(C)C2SC(C(=O)NC34CC(NC(=O)COC5CCC(Cl)C(F)C5)(C3)C4)CC12. The molecule has 0 spiro atoms. The van der Waals surface area contributed by atoms with Gasteiger partial charge in [-0.3, -0.25) is 15.0 Å². The normalized spacial score (nSPS) is 48.5. The number of halogens is 2. The van der Waals surface area contributed by atoms with E-state index in [1.807, 2.05) is 7.05 Å². The standard InChI is InChI=1S/C21H32ClFN4O3S/c1-11-13-6-16(31-19(13)27(2)26-11)18(29)25-21-8-20(9-21,10-21)24-17(28)7-30-12-3-4-14(22)15(23)5-12/h11-16,19,26H,3-10H2,1-2H3,(H,24,28)(H,25,29). The van der Waals surface area contributed by atoms with Gasteiger partial charge in [0.15, 0.2) is 0 Å². The number of hydrogen-bond donors (Lipinski definition) is 3. The number of carbonyl (C=O) groups excluding carboxylic acids is 2. The van der Waals surface area contributed by atoms with Crippen molar-refractivity contribution in [1.29, 1.82) is 0 Å². The summed E-state index contributed by atoms with van der Waals surface area (Å²) in [4.78, 5) is 25.2. The molecule has 7 atom stereocenters. The Kier molecular flexibility index (Phi) is 5.73. The van der Waals surface area contributed by atoms with Crippen LogP contribution < -0.4 is 16.1 Å². The van der Waals surface area contributed by atoms with Gasteiger partial charge in [0, 0.05) is 36.5 Å². The number of amides is 2. The highest BCUT2D eigenvalue weighted by atomic mass is 35.5. The van der Waals surface area contributed by atoms with E-state index in [0.717, 1.165) is 25.7 Å². The summed E-state index contributed by atoms with van der Waals surface area (Å²) in [6.07, 6.45) is 3.46. The smallest absolute Gasteiger partial charge is 0.246 e. The Bertz CT molecular complexity index is 724. The molecule has 2 amide bonds. The third kappa shape index (κ3) is 4.09. The number of fused-ring (bicyclic) bond motifs is 1. The second-order valence-corrected chi connectivity index (χ2v) is 12.2. The van der Waals surface area contributed by atoms with E-state index < -0.39 is 11.5 Å². The molecule has 0 radical (unpaired) electrons. The number of nitrogens with one attached hydrogen (secondary N) is 3. The van der Waals surface area contributed by atoms with E-state index >= 15 is 0 Å². The molecule has 0 aromatic carbocycles. The molecule has 2 heterocycles. The van der Waals surface area contributed by atoms with Crippen LogP contribution >= 0.6 is 23.4 Å². The summed E-state index contributed by atoms with van der Waals surface area (Å²) in [5.41, 5.74) is 3.06. The molecule has 6 fully saturated rings. The molecule has 2 aliphatic heterocycles. The third-order valence-corrected chi connectivity index (χ3v) is 9.97. The first-order valence-electron chi connectivity index (χ1n) is 11.3. The largest absolute Gasteiger partial charge is 0.368 e. The molecule has 2 bridgehead atoms. The molecule has 7 nitrogen and oxygen atoms in total. The predicted molar refractivity (Wildman–Crippen MR) is 117 cm³/mol. The second kappa shape index (κ2) is 8.01. The van der Waals surface area contributed by atoms with Crippen molar-refractivity contribution in [2.75, 3.05) is 13.7 Å². The van der Waals surface area contributed by atoms with Crippen molar-refractivity contribution in [3.8, 4) is 0 Å². The first kappa shape index (κ1) is 22.2. The van der Waals surface area contributed by atoms with Gasteiger partial charge in [0.25, 0.3) is 0 Å². The van der Waals surface area contributed by atoms with E-state index in [-0.39, 0.29) is 47.3 Å². The van der Waals surface area contributed by atoms with Crippen molar-refractivity contribution in [3.05, 3.63) is 0 Å². The lowest BCUT2D eigenvalue weighted by Gasteiger charge is -2.70. The minimum absolute atomic E-state index is 0.00243. The van der Waals surface area contributed by atoms with Gasteiger partial charge in [-0.05, 0) is 45.4 Å². The summed E-state index contributed by atoms with van der Waals surface area (Å²) in [5, 5.41) is 8.40. The second-order valence-electron chi connectivity index (χ2n) is 10.3. The van der Waals surface area contributed by atoms with Gasteiger partial charge in [0.05, 0.1) is 22.1 Å². The summed E-state index contributed by atoms with van der Waals surface area (Å²) in [5.74, 6) is 0.474. The molecule has 0 aromatic rings. The number of rotatable bonds is 6. The lowest BCUT2D eigenvalue weighted by molar-refractivity contribution is -0.153. The van der Waals surface area contributed by atoms with E-state index in [9.17, 15) is 14.0 Å². The number of thioether (sulfide) groups is 1. The molecule has 0 aromatic heterocycles. The molecule has 3 N–H and O–H groups in total. The molecule has 6 aliphatic rings. The Balaban J connectivity index is 1.03. The minimum Gasteiger partial charge on any atom is -0.368 e. The fraction of sp³-hybridized carbons (Fsp3) is 0.905. The Hall–Kier alpha value is -0.610. The molecule has 31 heavy (non-hydrogen) atoms. The zero-order valence-corrected chi connectivity index (χ0v) is 19.6. The maximum absolute atomic E-state index is 13.7. The molecule has 10 heteroatoms. The molecule has 4 aliphatic carbocycles. The van der Waals surface area contributed by atoms with Crippen LogP contribution in [0.5, 0.6) is 0 Å². The average Bonchev–Trinajstić information content (AvgIpc) is 3.21. The zero-order chi connectivity index (χ0) is 22.0. The Labute approximate surface area is 191 Å². The van der Waals surface area contributed by atoms with Gasteiger partial charge < -0.3 is 15.4 Å². The highest BCUT2D eigenvalue weighted by molar-refractivity contribution is 8.01. The van der Waals surface area contributed by atoms with Crippen molar-refractivity contribution < 1.29 is 18.7 Å². The lowest BCUT2D eigenvalue weighted by atomic mass is 9.44. The van der Waals surface area contributed by atoms with E-state index in [1.54, 1.807) is 11.8 Å². The van der Waals surface area contributed by atoms with Crippen molar-refractivity contribution in [2.24, 2.45) is 5.92 Å². The zero-order valence-electron chi connectivity index (χ0n) is 18.0. The molecule has 4 saturated carbocycles. The number of alkyl halides is 2. The van der Waals surface area contributed by atoms with E-state index in [4.69, 9.17) is 16.3 Å². The van der Waals surface area contributed by atoms with Crippen LogP contribution in [0.15, 0.2) is 0 Å². The van der Waals surface area contributed by atoms with Gasteiger partial charge >= 0.3 is 0 Å². The summed E-state index contributed by atoms with van der Waals surface area (Å²) in [6.45, 7) is 2.13. The van der Waals surface area contributed by atoms with Crippen LogP contribution in [-0.2, 0) is 14.3 Å². The van der Waals surface area contributed by atoms with Gasteiger partial charge in [-0.2, -0.15) is 0 Å². The topological polar surface area (TPSA) is 82.7 Å². The summed E-state index contributed by atoms with van der Waals surface area (Å²) < 4.78 is 19.3. The van der Waals surface area contributed by atoms with Crippen LogP contribution in [0.3, 0.4) is 0 Å². The fourth-order valence-corrected chi connectivity index (χ4v) is 8.16. The van der Waals surface area contributed by atoms with Crippen LogP contribution in [0, 0.1) is 5.92 Å². The van der Waals surface area contributed by atoms with Gasteiger partial charge in [-0.25, -0.2) is 9.40 Å². The highest BCUT2D eigenvalue weighted by Crippen LogP contribution is 2.60. The number of ether oxygens (including phenoxy) is 1. The van der Waals surface area contributed by atoms with Crippen molar-refractivity contribution in [1.82, 2.24) is 21.1 Å². The first-order chi connectivity index (χ1) is 14.7. The first-order valence-corrected chi connectivity index (χ1v) is 12.7. The summed E-state index contributed by atoms with van der Waals surface area (Å²) in [7, 11) is 2.05. The van der Waals surface area contributed by atoms with Crippen molar-refractivity contribution in [3.63, 3.8) is 0 Å². The van der Waals surface area contributed by atoms with Gasteiger partial charge in [-0.15, -0.1) is 23.4 Å². The minimum atomic E-state index is -1.07. The lowest BCUT2D eigenvalue weighted by Crippen LogP contribution is -2.84. The Morgan fingerprint density at radius 2 is 1.94 bits per heavy atom. The summed E-state index contributed by atoms with van der Waals surface area (Å²) in [6, 6.07) is 0.400. The fourth-order valence-electron chi connectivity index (χ4n) is 6.29. The number of hydrogen-bond acceptors (Lipinski definition) is 6. The van der Waals surface area contributed by atoms with Gasteiger partial charge in [0.2, 0.25) is 11.8 Å². The molecule has 6 rings (SSSR count). The average molecular weight is 475 g/mol. The van der Waals surface area contributed by atoms with E-state index in [1.165, 1.54) is 0 Å². The third-order valence-electron chi connectivity index (χ3n) is 7.80. The van der Waals surface area contributed by atoms with Crippen LogP contribution in [0.4, 0.5) is 4.39 Å².